The summed E-state index contributed by atoms with van der Waals surface area (Å²) in [6.45, 7) is 1.86. The molecule has 0 radical (unpaired) electrons. The van der Waals surface area contributed by atoms with Crippen LogP contribution in [0.4, 0.5) is 5.13 Å². The van der Waals surface area contributed by atoms with Gasteiger partial charge in [0.05, 0.1) is 21.7 Å². The van der Waals surface area contributed by atoms with Crippen molar-refractivity contribution in [3.8, 4) is 16.6 Å². The fourth-order valence-corrected chi connectivity index (χ4v) is 4.52. The lowest BCUT2D eigenvalue weighted by Gasteiger charge is -1.97. The van der Waals surface area contributed by atoms with Gasteiger partial charge in [0.15, 0.2) is 5.13 Å². The molecule has 0 saturated carbocycles. The molecule has 3 rings (SSSR count). The molecule has 0 saturated heterocycles. The van der Waals surface area contributed by atoms with Gasteiger partial charge in [-0.1, -0.05) is 53.4 Å². The molecular formula is C16H12N4OS3. The molecule has 8 heteroatoms. The van der Waals surface area contributed by atoms with Crippen molar-refractivity contribution in [3.05, 3.63) is 47.1 Å². The van der Waals surface area contributed by atoms with Crippen molar-refractivity contribution in [3.63, 3.8) is 0 Å². The number of aromatic nitrogens is 2. The highest BCUT2D eigenvalue weighted by atomic mass is 32.2. The van der Waals surface area contributed by atoms with Crippen molar-refractivity contribution in [1.82, 2.24) is 9.97 Å². The molecule has 3 aromatic rings. The number of hydrogen-bond acceptors (Lipinski definition) is 7. The van der Waals surface area contributed by atoms with Crippen molar-refractivity contribution in [2.24, 2.45) is 0 Å². The molecule has 2 heterocycles. The first kappa shape index (κ1) is 16.6. The van der Waals surface area contributed by atoms with Crippen molar-refractivity contribution in [1.29, 1.82) is 5.26 Å². The van der Waals surface area contributed by atoms with Crippen LogP contribution in [0.1, 0.15) is 16.2 Å². The smallest absolute Gasteiger partial charge is 0.276 e. The minimum atomic E-state index is -0.279. The molecule has 0 aliphatic heterocycles. The number of hydrogen-bond donors (Lipinski definition) is 1. The topological polar surface area (TPSA) is 78.7 Å². The van der Waals surface area contributed by atoms with Crippen molar-refractivity contribution in [2.45, 2.75) is 11.1 Å². The van der Waals surface area contributed by atoms with Crippen LogP contribution in [-0.4, -0.2) is 21.6 Å². The Labute approximate surface area is 151 Å². The predicted molar refractivity (Wildman–Crippen MR) is 98.7 cm³/mol. The zero-order valence-electron chi connectivity index (χ0n) is 12.6. The molecule has 0 unspecified atom stereocenters. The summed E-state index contributed by atoms with van der Waals surface area (Å²) in [5.41, 5.74) is 2.18. The number of nitriles is 1. The van der Waals surface area contributed by atoms with Gasteiger partial charge in [-0.15, -0.1) is 11.3 Å². The molecule has 5 nitrogen and oxygen atoms in total. The van der Waals surface area contributed by atoms with Crippen LogP contribution in [0.25, 0.3) is 10.6 Å². The minimum Gasteiger partial charge on any atom is -0.296 e. The molecule has 1 amide bonds. The van der Waals surface area contributed by atoms with Crippen LogP contribution in [0.3, 0.4) is 0 Å². The molecule has 0 bridgehead atoms. The van der Waals surface area contributed by atoms with E-state index in [9.17, 15) is 4.79 Å². The third-order valence-corrected chi connectivity index (χ3v) is 6.19. The van der Waals surface area contributed by atoms with Gasteiger partial charge in [0, 0.05) is 10.9 Å². The predicted octanol–water partition coefficient (Wildman–Crippen LogP) is 4.44. The van der Waals surface area contributed by atoms with Gasteiger partial charge < -0.3 is 0 Å². The number of nitrogens with zero attached hydrogens (tertiary/aromatic N) is 3. The Hall–Kier alpha value is -2.21. The highest BCUT2D eigenvalue weighted by Crippen LogP contribution is 2.32. The SMILES string of the molecule is Cc1nc(NC(=O)c2csc(-c3ccccc3)n2)sc1SCC#N. The van der Waals surface area contributed by atoms with Gasteiger partial charge in [0.2, 0.25) is 0 Å². The number of thioether (sulfide) groups is 1. The van der Waals surface area contributed by atoms with Gasteiger partial charge in [-0.05, 0) is 6.92 Å². The molecule has 2 aromatic heterocycles. The molecule has 1 aromatic carbocycles. The average Bonchev–Trinajstić information content (AvgIpc) is 3.21. The van der Waals surface area contributed by atoms with Crippen LogP contribution < -0.4 is 5.32 Å². The van der Waals surface area contributed by atoms with Gasteiger partial charge in [-0.25, -0.2) is 9.97 Å². The summed E-state index contributed by atoms with van der Waals surface area (Å²) in [7, 11) is 0. The number of carbonyl (C=O) groups is 1. The second kappa shape index (κ2) is 7.57. The number of amides is 1. The zero-order chi connectivity index (χ0) is 16.9. The standard InChI is InChI=1S/C16H12N4OS3/c1-10-15(22-8-7-17)24-16(18-10)20-13(21)12-9-23-14(19-12)11-5-3-2-4-6-11/h2-6,9H,8H2,1H3,(H,18,20,21). The van der Waals surface area contributed by atoms with E-state index in [4.69, 9.17) is 5.26 Å². The first-order valence-electron chi connectivity index (χ1n) is 6.97. The maximum absolute atomic E-state index is 12.3. The van der Waals surface area contributed by atoms with E-state index in [-0.39, 0.29) is 5.91 Å². The number of rotatable bonds is 5. The highest BCUT2D eigenvalue weighted by molar-refractivity contribution is 8.01. The minimum absolute atomic E-state index is 0.279. The second-order valence-electron chi connectivity index (χ2n) is 4.70. The van der Waals surface area contributed by atoms with Gasteiger partial charge >= 0.3 is 0 Å². The van der Waals surface area contributed by atoms with Crippen molar-refractivity contribution in [2.75, 3.05) is 11.1 Å². The molecule has 120 valence electrons. The third-order valence-electron chi connectivity index (χ3n) is 3.00. The number of benzene rings is 1. The molecule has 0 spiro atoms. The molecule has 0 atom stereocenters. The molecule has 0 aliphatic rings. The molecule has 1 N–H and O–H groups in total. The first-order chi connectivity index (χ1) is 11.7. The molecule has 24 heavy (non-hydrogen) atoms. The van der Waals surface area contributed by atoms with Crippen LogP contribution in [-0.2, 0) is 0 Å². The van der Waals surface area contributed by atoms with E-state index in [0.29, 0.717) is 16.6 Å². The van der Waals surface area contributed by atoms with Crippen molar-refractivity contribution < 1.29 is 4.79 Å². The van der Waals surface area contributed by atoms with E-state index in [1.54, 1.807) is 5.38 Å². The van der Waals surface area contributed by atoms with E-state index in [0.717, 1.165) is 20.5 Å². The van der Waals surface area contributed by atoms with E-state index in [1.807, 2.05) is 37.3 Å². The first-order valence-corrected chi connectivity index (χ1v) is 9.65. The lowest BCUT2D eigenvalue weighted by Crippen LogP contribution is -2.12. The zero-order valence-corrected chi connectivity index (χ0v) is 15.1. The average molecular weight is 373 g/mol. The van der Waals surface area contributed by atoms with Gasteiger partial charge in [0.1, 0.15) is 10.7 Å². The van der Waals surface area contributed by atoms with Crippen LogP contribution in [0.5, 0.6) is 0 Å². The van der Waals surface area contributed by atoms with Gasteiger partial charge in [-0.3, -0.25) is 10.1 Å². The summed E-state index contributed by atoms with van der Waals surface area (Å²) < 4.78 is 0.940. The summed E-state index contributed by atoms with van der Waals surface area (Å²) in [4.78, 5) is 21.1. The third kappa shape index (κ3) is 3.82. The maximum atomic E-state index is 12.3. The summed E-state index contributed by atoms with van der Waals surface area (Å²) in [6, 6.07) is 11.8. The van der Waals surface area contributed by atoms with Crippen LogP contribution in [0.2, 0.25) is 0 Å². The number of aryl methyl sites for hydroxylation is 1. The Kier molecular flexibility index (Phi) is 5.25. The van der Waals surface area contributed by atoms with Gasteiger partial charge in [-0.2, -0.15) is 5.26 Å². The monoisotopic (exact) mass is 372 g/mol. The molecule has 0 aliphatic carbocycles. The van der Waals surface area contributed by atoms with Gasteiger partial charge in [0.25, 0.3) is 5.91 Å². The largest absolute Gasteiger partial charge is 0.296 e. The molecular weight excluding hydrogens is 360 g/mol. The Balaban J connectivity index is 1.72. The van der Waals surface area contributed by atoms with Crippen LogP contribution in [0, 0.1) is 18.3 Å². The Bertz CT molecular complexity index is 896. The van der Waals surface area contributed by atoms with Crippen molar-refractivity contribution >= 4 is 45.5 Å². The van der Waals surface area contributed by atoms with E-state index >= 15 is 0 Å². The number of carbonyl (C=O) groups excluding carboxylic acids is 1. The normalized spacial score (nSPS) is 10.3. The number of nitrogens with one attached hydrogen (secondary N) is 1. The molecule has 0 fully saturated rings. The summed E-state index contributed by atoms with van der Waals surface area (Å²) in [5.74, 6) is 0.0853. The Morgan fingerprint density at radius 3 is 2.88 bits per heavy atom. The summed E-state index contributed by atoms with van der Waals surface area (Å²) in [6.07, 6.45) is 0. The number of thiazole rings is 2. The number of anilines is 1. The Morgan fingerprint density at radius 1 is 1.33 bits per heavy atom. The van der Waals surface area contributed by atoms with Crippen LogP contribution >= 0.6 is 34.4 Å². The summed E-state index contributed by atoms with van der Waals surface area (Å²) >= 11 is 4.22. The van der Waals surface area contributed by atoms with Crippen LogP contribution in [0.15, 0.2) is 39.9 Å². The summed E-state index contributed by atoms with van der Waals surface area (Å²) in [5, 5.41) is 14.5. The fraction of sp³-hybridized carbons (Fsp3) is 0.125. The Morgan fingerprint density at radius 2 is 2.12 bits per heavy atom. The van der Waals surface area contributed by atoms with E-state index in [2.05, 4.69) is 21.4 Å². The quantitative estimate of drug-likeness (QED) is 0.670. The fourth-order valence-electron chi connectivity index (χ4n) is 1.92. The second-order valence-corrected chi connectivity index (χ2v) is 7.80. The maximum Gasteiger partial charge on any atom is 0.276 e. The lowest BCUT2D eigenvalue weighted by molar-refractivity contribution is 0.102. The van der Waals surface area contributed by atoms with E-state index < -0.39 is 0 Å². The lowest BCUT2D eigenvalue weighted by atomic mass is 10.2. The highest BCUT2D eigenvalue weighted by Gasteiger charge is 2.15. The van der Waals surface area contributed by atoms with E-state index in [1.165, 1.54) is 34.4 Å².